The van der Waals surface area contributed by atoms with E-state index in [1.807, 2.05) is 0 Å². The van der Waals surface area contributed by atoms with Gasteiger partial charge in [-0.05, 0) is 44.2 Å². The Morgan fingerprint density at radius 1 is 1.20 bits per heavy atom. The first-order chi connectivity index (χ1) is 11.8. The average Bonchev–Trinajstić information content (AvgIpc) is 2.56. The monoisotopic (exact) mass is 362 g/mol. The number of anilines is 1. The molecule has 1 N–H and O–H groups in total. The Bertz CT molecular complexity index is 820. The highest BCUT2D eigenvalue weighted by Gasteiger charge is 2.21. The Morgan fingerprint density at radius 3 is 2.44 bits per heavy atom. The lowest BCUT2D eigenvalue weighted by Gasteiger charge is -2.13. The van der Waals surface area contributed by atoms with Crippen molar-refractivity contribution in [1.29, 1.82) is 0 Å². The molecule has 2 aromatic carbocycles. The molecule has 0 aliphatic heterocycles. The van der Waals surface area contributed by atoms with Gasteiger partial charge in [-0.15, -0.1) is 0 Å². The Balaban J connectivity index is 2.04. The predicted molar refractivity (Wildman–Crippen MR) is 92.8 cm³/mol. The molecule has 0 radical (unpaired) electrons. The van der Waals surface area contributed by atoms with E-state index in [0.29, 0.717) is 16.3 Å². The molecule has 0 spiro atoms. The maximum Gasteiger partial charge on any atom is 0.339 e. The number of nitro benzene ring substituents is 1. The standard InChI is InChI=1S/C17H15ClN2O5/c1-10-3-4-12(9-15(10)20(23)24)17(22)25-11(2)16(21)19-14-7-5-13(18)6-8-14/h3-9,11H,1-2H3,(H,19,21)/t11-/m0/s1. The van der Waals surface area contributed by atoms with E-state index in [4.69, 9.17) is 16.3 Å². The summed E-state index contributed by atoms with van der Waals surface area (Å²) in [6.45, 7) is 2.97. The Hall–Kier alpha value is -2.93. The lowest BCUT2D eigenvalue weighted by atomic mass is 10.1. The zero-order valence-corrected chi connectivity index (χ0v) is 14.2. The Kier molecular flexibility index (Phi) is 5.71. The van der Waals surface area contributed by atoms with Gasteiger partial charge in [0.15, 0.2) is 6.10 Å². The minimum absolute atomic E-state index is 0.00319. The number of nitro groups is 1. The van der Waals surface area contributed by atoms with Gasteiger partial charge < -0.3 is 10.1 Å². The third-order valence-corrected chi connectivity index (χ3v) is 3.66. The number of esters is 1. The van der Waals surface area contributed by atoms with E-state index in [1.165, 1.54) is 19.1 Å². The number of benzene rings is 2. The number of rotatable bonds is 5. The van der Waals surface area contributed by atoms with Crippen molar-refractivity contribution in [2.75, 3.05) is 5.32 Å². The summed E-state index contributed by atoms with van der Waals surface area (Å²) in [6.07, 6.45) is -1.08. The summed E-state index contributed by atoms with van der Waals surface area (Å²) >= 11 is 5.76. The van der Waals surface area contributed by atoms with Crippen molar-refractivity contribution in [3.8, 4) is 0 Å². The van der Waals surface area contributed by atoms with Gasteiger partial charge in [-0.2, -0.15) is 0 Å². The van der Waals surface area contributed by atoms with Gasteiger partial charge in [-0.1, -0.05) is 17.7 Å². The van der Waals surface area contributed by atoms with Gasteiger partial charge in [0.1, 0.15) is 0 Å². The molecule has 0 heterocycles. The molecule has 2 aromatic rings. The fraction of sp³-hybridized carbons (Fsp3) is 0.176. The second-order valence-corrected chi connectivity index (χ2v) is 5.74. The van der Waals surface area contributed by atoms with E-state index >= 15 is 0 Å². The third-order valence-electron chi connectivity index (χ3n) is 3.41. The molecule has 0 aliphatic rings. The number of carbonyl (C=O) groups is 2. The molecule has 0 bridgehead atoms. The molecule has 1 amide bonds. The molecule has 2 rings (SSSR count). The van der Waals surface area contributed by atoms with Crippen LogP contribution in [0.5, 0.6) is 0 Å². The minimum atomic E-state index is -1.08. The first kappa shape index (κ1) is 18.4. The summed E-state index contributed by atoms with van der Waals surface area (Å²) in [5, 5.41) is 14.0. The average molecular weight is 363 g/mol. The van der Waals surface area contributed by atoms with Gasteiger partial charge in [0.2, 0.25) is 0 Å². The van der Waals surface area contributed by atoms with Crippen LogP contribution in [-0.2, 0) is 9.53 Å². The highest BCUT2D eigenvalue weighted by atomic mass is 35.5. The van der Waals surface area contributed by atoms with Crippen LogP contribution in [0.25, 0.3) is 0 Å². The summed E-state index contributed by atoms with van der Waals surface area (Å²) in [5.74, 6) is -1.35. The van der Waals surface area contributed by atoms with Gasteiger partial charge in [0.25, 0.3) is 11.6 Å². The number of hydrogen-bond acceptors (Lipinski definition) is 5. The van der Waals surface area contributed by atoms with Gasteiger partial charge in [-0.25, -0.2) is 4.79 Å². The fourth-order valence-electron chi connectivity index (χ4n) is 1.99. The summed E-state index contributed by atoms with van der Waals surface area (Å²) in [4.78, 5) is 34.5. The molecule has 0 aromatic heterocycles. The summed E-state index contributed by atoms with van der Waals surface area (Å²) in [5.41, 5.74) is 0.745. The number of halogens is 1. The molecule has 7 nitrogen and oxygen atoms in total. The maximum atomic E-state index is 12.1. The number of carbonyl (C=O) groups excluding carboxylic acids is 2. The second-order valence-electron chi connectivity index (χ2n) is 5.30. The van der Waals surface area contributed by atoms with Crippen LogP contribution in [0.1, 0.15) is 22.8 Å². The number of nitrogens with one attached hydrogen (secondary N) is 1. The normalized spacial score (nSPS) is 11.5. The largest absolute Gasteiger partial charge is 0.449 e. The van der Waals surface area contributed by atoms with Crippen LogP contribution in [-0.4, -0.2) is 22.9 Å². The topological polar surface area (TPSA) is 98.5 Å². The molecule has 0 unspecified atom stereocenters. The highest BCUT2D eigenvalue weighted by molar-refractivity contribution is 6.30. The second kappa shape index (κ2) is 7.76. The lowest BCUT2D eigenvalue weighted by molar-refractivity contribution is -0.385. The van der Waals surface area contributed by atoms with Crippen molar-refractivity contribution in [2.45, 2.75) is 20.0 Å². The van der Waals surface area contributed by atoms with Crippen LogP contribution in [0, 0.1) is 17.0 Å². The van der Waals surface area contributed by atoms with E-state index in [9.17, 15) is 19.7 Å². The molecule has 0 saturated heterocycles. The molecule has 1 atom stereocenters. The van der Waals surface area contributed by atoms with Gasteiger partial charge in [0.05, 0.1) is 10.5 Å². The van der Waals surface area contributed by atoms with Crippen LogP contribution in [0.3, 0.4) is 0 Å². The Labute approximate surface area is 148 Å². The van der Waals surface area contributed by atoms with Crippen molar-refractivity contribution in [1.82, 2.24) is 0 Å². The van der Waals surface area contributed by atoms with Crippen LogP contribution in [0.2, 0.25) is 5.02 Å². The minimum Gasteiger partial charge on any atom is -0.449 e. The molecule has 8 heteroatoms. The van der Waals surface area contributed by atoms with Gasteiger partial charge in [-0.3, -0.25) is 14.9 Å². The van der Waals surface area contributed by atoms with Crippen molar-refractivity contribution in [2.24, 2.45) is 0 Å². The van der Waals surface area contributed by atoms with Crippen LogP contribution < -0.4 is 5.32 Å². The smallest absolute Gasteiger partial charge is 0.339 e. The van der Waals surface area contributed by atoms with E-state index in [2.05, 4.69) is 5.32 Å². The molecule has 0 fully saturated rings. The fourth-order valence-corrected chi connectivity index (χ4v) is 2.12. The van der Waals surface area contributed by atoms with Crippen LogP contribution >= 0.6 is 11.6 Å². The number of amides is 1. The van der Waals surface area contributed by atoms with Gasteiger partial charge >= 0.3 is 5.97 Å². The first-order valence-electron chi connectivity index (χ1n) is 7.30. The van der Waals surface area contributed by atoms with E-state index < -0.39 is 22.9 Å². The van der Waals surface area contributed by atoms with Crippen molar-refractivity contribution in [3.63, 3.8) is 0 Å². The number of hydrogen-bond donors (Lipinski definition) is 1. The van der Waals surface area contributed by atoms with E-state index in [1.54, 1.807) is 31.2 Å². The summed E-state index contributed by atoms with van der Waals surface area (Å²) < 4.78 is 5.07. The molecule has 25 heavy (non-hydrogen) atoms. The van der Waals surface area contributed by atoms with E-state index in [-0.39, 0.29) is 11.3 Å². The van der Waals surface area contributed by atoms with Gasteiger partial charge in [0, 0.05) is 22.3 Å². The Morgan fingerprint density at radius 2 is 1.84 bits per heavy atom. The SMILES string of the molecule is Cc1ccc(C(=O)O[C@@H](C)C(=O)Nc2ccc(Cl)cc2)cc1[N+](=O)[O-]. The lowest BCUT2D eigenvalue weighted by Crippen LogP contribution is -2.30. The maximum absolute atomic E-state index is 12.1. The van der Waals surface area contributed by atoms with Crippen molar-refractivity contribution >= 4 is 34.9 Å². The zero-order valence-electron chi connectivity index (χ0n) is 13.5. The number of aryl methyl sites for hydroxylation is 1. The molecular formula is C17H15ClN2O5. The van der Waals surface area contributed by atoms with E-state index in [0.717, 1.165) is 6.07 Å². The molecule has 0 saturated carbocycles. The third kappa shape index (κ3) is 4.77. The zero-order chi connectivity index (χ0) is 18.6. The molecular weight excluding hydrogens is 348 g/mol. The number of ether oxygens (including phenoxy) is 1. The predicted octanol–water partition coefficient (Wildman–Crippen LogP) is 3.74. The summed E-state index contributed by atoms with van der Waals surface area (Å²) in [7, 11) is 0. The molecule has 0 aliphatic carbocycles. The van der Waals surface area contributed by atoms with Crippen LogP contribution in [0.4, 0.5) is 11.4 Å². The molecule has 130 valence electrons. The van der Waals surface area contributed by atoms with Crippen LogP contribution in [0.15, 0.2) is 42.5 Å². The number of nitrogens with zero attached hydrogens (tertiary/aromatic N) is 1. The highest BCUT2D eigenvalue weighted by Crippen LogP contribution is 2.20. The first-order valence-corrected chi connectivity index (χ1v) is 7.68. The van der Waals surface area contributed by atoms with Crippen molar-refractivity contribution in [3.05, 3.63) is 68.7 Å². The quantitative estimate of drug-likeness (QED) is 0.496. The summed E-state index contributed by atoms with van der Waals surface area (Å²) in [6, 6.07) is 10.4. The van der Waals surface area contributed by atoms with Crippen molar-refractivity contribution < 1.29 is 19.2 Å².